The van der Waals surface area contributed by atoms with E-state index in [2.05, 4.69) is 155 Å². The van der Waals surface area contributed by atoms with E-state index in [-0.39, 0.29) is 0 Å². The molecule has 0 saturated carbocycles. The van der Waals surface area contributed by atoms with Crippen LogP contribution in [0.3, 0.4) is 0 Å². The Balaban J connectivity index is 1.28. The highest BCUT2D eigenvalue weighted by molar-refractivity contribution is 6.11. The standard InChI is InChI=1S/C38H28N2/c1-3-11-27(12-4-1)25-39-35-17-9-7-15-31(35)33-23-29(19-21-37(33)39)30-20-22-38-34(24-30)32-16-8-10-18-36(32)40(38)26-28-13-5-2-6-14-28/h1-24H,25-26H2. The second kappa shape index (κ2) is 9.29. The molecule has 2 nitrogen and oxygen atoms in total. The lowest BCUT2D eigenvalue weighted by Gasteiger charge is -2.09. The monoisotopic (exact) mass is 512 g/mol. The Kier molecular flexibility index (Phi) is 5.31. The Bertz CT molecular complexity index is 1990. The number of benzene rings is 6. The average molecular weight is 513 g/mol. The number of hydrogen-bond acceptors (Lipinski definition) is 0. The predicted octanol–water partition coefficient (Wildman–Crippen LogP) is 9.67. The maximum absolute atomic E-state index is 2.45. The molecule has 0 aliphatic carbocycles. The zero-order valence-corrected chi connectivity index (χ0v) is 22.2. The minimum absolute atomic E-state index is 0.858. The molecule has 8 rings (SSSR count). The van der Waals surface area contributed by atoms with Crippen molar-refractivity contribution in [2.24, 2.45) is 0 Å². The molecule has 0 bridgehead atoms. The number of aromatic nitrogens is 2. The van der Waals surface area contributed by atoms with Crippen molar-refractivity contribution in [3.8, 4) is 11.1 Å². The molecule has 0 unspecified atom stereocenters. The highest BCUT2D eigenvalue weighted by Crippen LogP contribution is 2.36. The van der Waals surface area contributed by atoms with Gasteiger partial charge in [0.05, 0.1) is 0 Å². The summed E-state index contributed by atoms with van der Waals surface area (Å²) in [4.78, 5) is 0. The molecule has 0 aliphatic rings. The fourth-order valence-electron chi connectivity index (χ4n) is 6.34. The van der Waals surface area contributed by atoms with Gasteiger partial charge in [-0.15, -0.1) is 0 Å². The van der Waals surface area contributed by atoms with Gasteiger partial charge in [0.2, 0.25) is 0 Å². The molecule has 2 heterocycles. The first-order valence-electron chi connectivity index (χ1n) is 13.9. The van der Waals surface area contributed by atoms with Gasteiger partial charge in [0, 0.05) is 56.7 Å². The molecule has 0 fully saturated rings. The van der Waals surface area contributed by atoms with Gasteiger partial charge in [0.1, 0.15) is 0 Å². The van der Waals surface area contributed by atoms with Crippen molar-refractivity contribution < 1.29 is 0 Å². The van der Waals surface area contributed by atoms with Crippen LogP contribution in [0, 0.1) is 0 Å². The van der Waals surface area contributed by atoms with Crippen molar-refractivity contribution in [2.75, 3.05) is 0 Å². The molecular formula is C38H28N2. The largest absolute Gasteiger partial charge is 0.336 e. The number of hydrogen-bond donors (Lipinski definition) is 0. The van der Waals surface area contributed by atoms with Crippen LogP contribution in [0.1, 0.15) is 11.1 Å². The van der Waals surface area contributed by atoms with E-state index in [4.69, 9.17) is 0 Å². The summed E-state index contributed by atoms with van der Waals surface area (Å²) < 4.78 is 4.90. The minimum atomic E-state index is 0.858. The molecule has 0 saturated heterocycles. The van der Waals surface area contributed by atoms with E-state index in [0.29, 0.717) is 0 Å². The smallest absolute Gasteiger partial charge is 0.0494 e. The second-order valence-electron chi connectivity index (χ2n) is 10.6. The molecule has 0 N–H and O–H groups in total. The van der Waals surface area contributed by atoms with Crippen molar-refractivity contribution in [3.63, 3.8) is 0 Å². The summed E-state index contributed by atoms with van der Waals surface area (Å²) in [5.74, 6) is 0. The summed E-state index contributed by atoms with van der Waals surface area (Å²) in [5.41, 5.74) is 10.2. The summed E-state index contributed by atoms with van der Waals surface area (Å²) >= 11 is 0. The number of nitrogens with zero attached hydrogens (tertiary/aromatic N) is 2. The molecule has 6 aromatic carbocycles. The van der Waals surface area contributed by atoms with Gasteiger partial charge in [0.25, 0.3) is 0 Å². The van der Waals surface area contributed by atoms with Crippen LogP contribution in [0.2, 0.25) is 0 Å². The lowest BCUT2D eigenvalue weighted by molar-refractivity contribution is 0.869. The summed E-state index contributed by atoms with van der Waals surface area (Å²) in [6.45, 7) is 1.72. The SMILES string of the molecule is c1ccc(Cn2c3ccccc3c3cc(-c4ccc5c(c4)c4ccccc4n5Cc4ccccc4)ccc32)cc1. The molecule has 2 aromatic heterocycles. The first kappa shape index (κ1) is 22.9. The molecule has 0 atom stereocenters. The third kappa shape index (κ3) is 3.72. The minimum Gasteiger partial charge on any atom is -0.336 e. The Morgan fingerprint density at radius 3 is 1.15 bits per heavy atom. The third-order valence-corrected chi connectivity index (χ3v) is 8.25. The highest BCUT2D eigenvalue weighted by Gasteiger charge is 2.15. The van der Waals surface area contributed by atoms with E-state index >= 15 is 0 Å². The maximum atomic E-state index is 2.45. The van der Waals surface area contributed by atoms with E-state index in [9.17, 15) is 0 Å². The number of para-hydroxylation sites is 2. The molecule has 0 aliphatic heterocycles. The predicted molar refractivity (Wildman–Crippen MR) is 169 cm³/mol. The molecule has 8 aromatic rings. The topological polar surface area (TPSA) is 9.86 Å². The summed E-state index contributed by atoms with van der Waals surface area (Å²) in [7, 11) is 0. The van der Waals surface area contributed by atoms with Crippen LogP contribution in [-0.2, 0) is 13.1 Å². The van der Waals surface area contributed by atoms with E-state index in [0.717, 1.165) is 13.1 Å². The third-order valence-electron chi connectivity index (χ3n) is 8.25. The normalized spacial score (nSPS) is 11.7. The fourth-order valence-corrected chi connectivity index (χ4v) is 6.34. The van der Waals surface area contributed by atoms with Crippen LogP contribution in [0.5, 0.6) is 0 Å². The zero-order valence-electron chi connectivity index (χ0n) is 22.2. The van der Waals surface area contributed by atoms with Crippen LogP contribution in [0.25, 0.3) is 54.7 Å². The Morgan fingerprint density at radius 1 is 0.325 bits per heavy atom. The summed E-state index contributed by atoms with van der Waals surface area (Å²) in [6, 6.07) is 53.0. The average Bonchev–Trinajstić information content (AvgIpc) is 3.50. The van der Waals surface area contributed by atoms with E-state index < -0.39 is 0 Å². The molecule has 0 amide bonds. The van der Waals surface area contributed by atoms with Crippen LogP contribution < -0.4 is 0 Å². The number of rotatable bonds is 5. The van der Waals surface area contributed by atoms with Crippen LogP contribution in [0.15, 0.2) is 146 Å². The van der Waals surface area contributed by atoms with Crippen molar-refractivity contribution in [1.29, 1.82) is 0 Å². The highest BCUT2D eigenvalue weighted by atomic mass is 15.0. The summed E-state index contributed by atoms with van der Waals surface area (Å²) in [5, 5.41) is 5.21. The molecule has 2 heteroatoms. The molecule has 190 valence electrons. The zero-order chi connectivity index (χ0) is 26.5. The Labute approximate surface area is 233 Å². The van der Waals surface area contributed by atoms with Gasteiger partial charge >= 0.3 is 0 Å². The van der Waals surface area contributed by atoms with Crippen LogP contribution >= 0.6 is 0 Å². The van der Waals surface area contributed by atoms with Gasteiger partial charge in [0.15, 0.2) is 0 Å². The van der Waals surface area contributed by atoms with Gasteiger partial charge in [-0.2, -0.15) is 0 Å². The van der Waals surface area contributed by atoms with Crippen LogP contribution in [-0.4, -0.2) is 9.13 Å². The summed E-state index contributed by atoms with van der Waals surface area (Å²) in [6.07, 6.45) is 0. The molecule has 0 radical (unpaired) electrons. The Morgan fingerprint density at radius 2 is 0.700 bits per heavy atom. The fraction of sp³-hybridized carbons (Fsp3) is 0.0526. The van der Waals surface area contributed by atoms with Gasteiger partial charge in [-0.3, -0.25) is 0 Å². The quantitative estimate of drug-likeness (QED) is 0.217. The lowest BCUT2D eigenvalue weighted by Crippen LogP contribution is -1.99. The first-order valence-corrected chi connectivity index (χ1v) is 13.9. The van der Waals surface area contributed by atoms with Gasteiger partial charge in [-0.1, -0.05) is 109 Å². The van der Waals surface area contributed by atoms with Crippen molar-refractivity contribution in [1.82, 2.24) is 9.13 Å². The van der Waals surface area contributed by atoms with Gasteiger partial charge in [-0.05, 0) is 58.7 Å². The lowest BCUT2D eigenvalue weighted by atomic mass is 10.0. The number of fused-ring (bicyclic) bond motifs is 6. The first-order chi connectivity index (χ1) is 19.8. The van der Waals surface area contributed by atoms with Crippen LogP contribution in [0.4, 0.5) is 0 Å². The van der Waals surface area contributed by atoms with Gasteiger partial charge in [-0.25, -0.2) is 0 Å². The Hall–Kier alpha value is -5.08. The van der Waals surface area contributed by atoms with E-state index in [1.165, 1.54) is 65.9 Å². The second-order valence-corrected chi connectivity index (χ2v) is 10.6. The molecule has 40 heavy (non-hydrogen) atoms. The maximum Gasteiger partial charge on any atom is 0.0494 e. The van der Waals surface area contributed by atoms with E-state index in [1.54, 1.807) is 0 Å². The van der Waals surface area contributed by atoms with Gasteiger partial charge < -0.3 is 9.13 Å². The van der Waals surface area contributed by atoms with Crippen molar-refractivity contribution in [3.05, 3.63) is 157 Å². The van der Waals surface area contributed by atoms with Crippen molar-refractivity contribution in [2.45, 2.75) is 13.1 Å². The molecular weight excluding hydrogens is 484 g/mol. The molecule has 0 spiro atoms. The van der Waals surface area contributed by atoms with E-state index in [1.807, 2.05) is 0 Å². The van der Waals surface area contributed by atoms with Crippen molar-refractivity contribution >= 4 is 43.6 Å².